The molecule has 0 saturated heterocycles. The lowest BCUT2D eigenvalue weighted by Gasteiger charge is -2.22. The predicted octanol–water partition coefficient (Wildman–Crippen LogP) is 1.68. The number of carbonyl (C=O) groups is 1. The molecule has 0 aromatic heterocycles. The second-order valence-electron chi connectivity index (χ2n) is 3.85. The van der Waals surface area contributed by atoms with Crippen molar-refractivity contribution in [3.05, 3.63) is 23.8 Å². The Morgan fingerprint density at radius 2 is 2.00 bits per heavy atom. The first-order chi connectivity index (χ1) is 7.95. The van der Waals surface area contributed by atoms with Gasteiger partial charge in [0.05, 0.1) is 12.7 Å². The zero-order valence-electron chi connectivity index (χ0n) is 10.4. The van der Waals surface area contributed by atoms with Crippen molar-refractivity contribution in [3.8, 4) is 11.5 Å². The number of benzene rings is 1. The van der Waals surface area contributed by atoms with E-state index in [0.717, 1.165) is 0 Å². The second-order valence-corrected chi connectivity index (χ2v) is 3.85. The summed E-state index contributed by atoms with van der Waals surface area (Å²) in [6.07, 6.45) is -0.125. The maximum Gasteiger partial charge on any atom is 0.335 e. The third-order valence-corrected chi connectivity index (χ3v) is 2.44. The molecule has 0 amide bonds. The van der Waals surface area contributed by atoms with Crippen molar-refractivity contribution in [1.29, 1.82) is 0 Å². The summed E-state index contributed by atoms with van der Waals surface area (Å²) in [6, 6.07) is 4.53. The van der Waals surface area contributed by atoms with Crippen LogP contribution in [0.25, 0.3) is 0 Å². The number of ether oxygens (including phenoxy) is 2. The molecule has 0 heterocycles. The Bertz CT molecular complexity index is 403. The zero-order valence-corrected chi connectivity index (χ0v) is 10.4. The van der Waals surface area contributed by atoms with Gasteiger partial charge < -0.3 is 14.6 Å². The molecule has 0 radical (unpaired) electrons. The largest absolute Gasteiger partial charge is 0.493 e. The van der Waals surface area contributed by atoms with Crippen molar-refractivity contribution < 1.29 is 19.4 Å². The van der Waals surface area contributed by atoms with Gasteiger partial charge in [-0.3, -0.25) is 4.90 Å². The minimum Gasteiger partial charge on any atom is -0.493 e. The molecule has 0 saturated carbocycles. The van der Waals surface area contributed by atoms with Crippen LogP contribution in [-0.2, 0) is 0 Å². The fourth-order valence-corrected chi connectivity index (χ4v) is 1.19. The highest BCUT2D eigenvalue weighted by atomic mass is 16.5. The van der Waals surface area contributed by atoms with Gasteiger partial charge in [-0.2, -0.15) is 0 Å². The average molecular weight is 239 g/mol. The highest BCUT2D eigenvalue weighted by molar-refractivity contribution is 5.88. The summed E-state index contributed by atoms with van der Waals surface area (Å²) in [5.41, 5.74) is 0.173. The van der Waals surface area contributed by atoms with Gasteiger partial charge in [-0.1, -0.05) is 0 Å². The Morgan fingerprint density at radius 3 is 2.47 bits per heavy atom. The first kappa shape index (κ1) is 13.3. The summed E-state index contributed by atoms with van der Waals surface area (Å²) >= 11 is 0. The molecule has 0 aliphatic rings. The minimum absolute atomic E-state index is 0.125. The molecule has 1 unspecified atom stereocenters. The van der Waals surface area contributed by atoms with Crippen molar-refractivity contribution in [3.63, 3.8) is 0 Å². The Balaban J connectivity index is 2.96. The summed E-state index contributed by atoms with van der Waals surface area (Å²) in [7, 11) is 5.26. The molecule has 0 aliphatic heterocycles. The van der Waals surface area contributed by atoms with Crippen molar-refractivity contribution in [2.45, 2.75) is 13.2 Å². The van der Waals surface area contributed by atoms with E-state index in [1.165, 1.54) is 19.2 Å². The monoisotopic (exact) mass is 239 g/mol. The Labute approximate surface area is 101 Å². The fraction of sp³-hybridized carbons (Fsp3) is 0.417. The molecule has 0 aliphatic carbocycles. The molecule has 94 valence electrons. The third kappa shape index (κ3) is 3.35. The lowest BCUT2D eigenvalue weighted by Crippen LogP contribution is -2.30. The van der Waals surface area contributed by atoms with Gasteiger partial charge in [-0.15, -0.1) is 0 Å². The molecule has 5 heteroatoms. The molecular formula is C12H17NO4. The smallest absolute Gasteiger partial charge is 0.335 e. The van der Waals surface area contributed by atoms with E-state index in [2.05, 4.69) is 0 Å². The van der Waals surface area contributed by atoms with Crippen LogP contribution < -0.4 is 9.47 Å². The van der Waals surface area contributed by atoms with Gasteiger partial charge in [0.1, 0.15) is 6.23 Å². The summed E-state index contributed by atoms with van der Waals surface area (Å²) in [5.74, 6) is -0.0483. The lowest BCUT2D eigenvalue weighted by atomic mass is 10.2. The summed E-state index contributed by atoms with van der Waals surface area (Å²) < 4.78 is 10.8. The molecule has 5 nitrogen and oxygen atoms in total. The third-order valence-electron chi connectivity index (χ3n) is 2.44. The van der Waals surface area contributed by atoms with Crippen LogP contribution in [0.3, 0.4) is 0 Å². The van der Waals surface area contributed by atoms with E-state index in [1.807, 2.05) is 25.9 Å². The number of methoxy groups -OCH3 is 1. The minimum atomic E-state index is -0.990. The summed E-state index contributed by atoms with van der Waals surface area (Å²) in [5, 5.41) is 8.86. The van der Waals surface area contributed by atoms with Gasteiger partial charge >= 0.3 is 5.97 Å². The van der Waals surface area contributed by atoms with Crippen LogP contribution in [-0.4, -0.2) is 43.4 Å². The van der Waals surface area contributed by atoms with Crippen molar-refractivity contribution in [2.75, 3.05) is 21.2 Å². The van der Waals surface area contributed by atoms with Crippen LogP contribution in [0.2, 0.25) is 0 Å². The topological polar surface area (TPSA) is 59.0 Å². The SMILES string of the molecule is COc1cc(C(=O)O)ccc1OC(C)N(C)C. The maximum absolute atomic E-state index is 10.8. The van der Waals surface area contributed by atoms with Crippen LogP contribution in [0.1, 0.15) is 17.3 Å². The predicted molar refractivity (Wildman–Crippen MR) is 63.7 cm³/mol. The molecule has 1 aromatic rings. The van der Waals surface area contributed by atoms with Gasteiger partial charge in [0.25, 0.3) is 0 Å². The first-order valence-electron chi connectivity index (χ1n) is 5.20. The van der Waals surface area contributed by atoms with E-state index < -0.39 is 5.97 Å². The van der Waals surface area contributed by atoms with Gasteiger partial charge in [0, 0.05) is 0 Å². The number of hydrogen-bond donors (Lipinski definition) is 1. The average Bonchev–Trinajstić information content (AvgIpc) is 2.28. The number of carboxylic acid groups (broad SMARTS) is 1. The van der Waals surface area contributed by atoms with E-state index in [0.29, 0.717) is 11.5 Å². The van der Waals surface area contributed by atoms with Gasteiger partial charge in [-0.05, 0) is 39.2 Å². The van der Waals surface area contributed by atoms with Gasteiger partial charge in [0.15, 0.2) is 11.5 Å². The maximum atomic E-state index is 10.8. The number of hydrogen-bond acceptors (Lipinski definition) is 4. The van der Waals surface area contributed by atoms with Gasteiger partial charge in [-0.25, -0.2) is 4.79 Å². The zero-order chi connectivity index (χ0) is 13.0. The van der Waals surface area contributed by atoms with E-state index in [4.69, 9.17) is 14.6 Å². The van der Waals surface area contributed by atoms with E-state index >= 15 is 0 Å². The highest BCUT2D eigenvalue weighted by Crippen LogP contribution is 2.29. The normalized spacial score (nSPS) is 12.3. The first-order valence-corrected chi connectivity index (χ1v) is 5.20. The number of nitrogens with zero attached hydrogens (tertiary/aromatic N) is 1. The Kier molecular flexibility index (Phi) is 4.34. The molecule has 1 rings (SSSR count). The second kappa shape index (κ2) is 5.54. The quantitative estimate of drug-likeness (QED) is 0.792. The molecule has 1 atom stereocenters. The summed E-state index contributed by atoms with van der Waals surface area (Å²) in [6.45, 7) is 1.89. The Morgan fingerprint density at radius 1 is 1.35 bits per heavy atom. The van der Waals surface area contributed by atoms with E-state index in [-0.39, 0.29) is 11.8 Å². The number of rotatable bonds is 5. The number of carboxylic acids is 1. The van der Waals surface area contributed by atoms with Gasteiger partial charge in [0.2, 0.25) is 0 Å². The van der Waals surface area contributed by atoms with Crippen LogP contribution in [0, 0.1) is 0 Å². The van der Waals surface area contributed by atoms with Crippen molar-refractivity contribution >= 4 is 5.97 Å². The fourth-order valence-electron chi connectivity index (χ4n) is 1.19. The van der Waals surface area contributed by atoms with Crippen LogP contribution >= 0.6 is 0 Å². The standard InChI is InChI=1S/C12H17NO4/c1-8(13(2)3)17-10-6-5-9(12(14)15)7-11(10)16-4/h5-8H,1-4H3,(H,14,15). The van der Waals surface area contributed by atoms with Crippen molar-refractivity contribution in [2.24, 2.45) is 0 Å². The van der Waals surface area contributed by atoms with Crippen LogP contribution in [0.5, 0.6) is 11.5 Å². The number of aromatic carboxylic acids is 1. The molecule has 0 fully saturated rings. The molecule has 0 spiro atoms. The Hall–Kier alpha value is -1.75. The molecule has 1 aromatic carbocycles. The van der Waals surface area contributed by atoms with Crippen LogP contribution in [0.4, 0.5) is 0 Å². The summed E-state index contributed by atoms with van der Waals surface area (Å²) in [4.78, 5) is 12.7. The van der Waals surface area contributed by atoms with E-state index in [9.17, 15) is 4.79 Å². The molecule has 17 heavy (non-hydrogen) atoms. The van der Waals surface area contributed by atoms with Crippen molar-refractivity contribution in [1.82, 2.24) is 4.90 Å². The highest BCUT2D eigenvalue weighted by Gasteiger charge is 2.13. The molecule has 1 N–H and O–H groups in total. The lowest BCUT2D eigenvalue weighted by molar-refractivity contribution is 0.0694. The van der Waals surface area contributed by atoms with E-state index in [1.54, 1.807) is 6.07 Å². The molecular weight excluding hydrogens is 222 g/mol. The molecule has 0 bridgehead atoms. The van der Waals surface area contributed by atoms with Crippen LogP contribution in [0.15, 0.2) is 18.2 Å².